The van der Waals surface area contributed by atoms with Crippen LogP contribution < -0.4 is 10.2 Å². The summed E-state index contributed by atoms with van der Waals surface area (Å²) in [6.07, 6.45) is 2.00. The SMILES string of the molecule is Cc1c(F)cccc1C(=O)Nc1ccc(C(=O)N2Cc3cccn3Cc3ccccc32)c(Cl)c1. The van der Waals surface area contributed by atoms with E-state index in [1.54, 1.807) is 30.0 Å². The Morgan fingerprint density at radius 2 is 1.76 bits per heavy atom. The lowest BCUT2D eigenvalue weighted by atomic mass is 10.1. The van der Waals surface area contributed by atoms with E-state index in [-0.39, 0.29) is 22.1 Å². The van der Waals surface area contributed by atoms with Gasteiger partial charge in [-0.15, -0.1) is 0 Å². The van der Waals surface area contributed by atoms with Crippen LogP contribution in [0.1, 0.15) is 37.5 Å². The number of nitrogens with zero attached hydrogens (tertiary/aromatic N) is 2. The fourth-order valence-corrected chi connectivity index (χ4v) is 4.49. The minimum atomic E-state index is -0.450. The molecule has 0 bridgehead atoms. The number of carbonyl (C=O) groups is 2. The van der Waals surface area contributed by atoms with Crippen LogP contribution in [0.2, 0.25) is 5.02 Å². The Morgan fingerprint density at radius 1 is 0.941 bits per heavy atom. The molecule has 1 aliphatic heterocycles. The van der Waals surface area contributed by atoms with Crippen molar-refractivity contribution in [3.8, 4) is 0 Å². The first-order chi connectivity index (χ1) is 16.4. The molecule has 0 fully saturated rings. The van der Waals surface area contributed by atoms with Crippen LogP contribution in [0, 0.1) is 12.7 Å². The van der Waals surface area contributed by atoms with Gasteiger partial charge in [0.15, 0.2) is 0 Å². The quantitative estimate of drug-likeness (QED) is 0.394. The molecule has 1 aromatic heterocycles. The van der Waals surface area contributed by atoms with Gasteiger partial charge in [0.05, 0.1) is 17.1 Å². The number of fused-ring (bicyclic) bond motifs is 2. The van der Waals surface area contributed by atoms with Gasteiger partial charge < -0.3 is 14.8 Å². The third-order valence-electron chi connectivity index (χ3n) is 6.08. The molecule has 170 valence electrons. The monoisotopic (exact) mass is 473 g/mol. The third kappa shape index (κ3) is 3.97. The maximum Gasteiger partial charge on any atom is 0.260 e. The van der Waals surface area contributed by atoms with Crippen LogP contribution in [0.3, 0.4) is 0 Å². The van der Waals surface area contributed by atoms with E-state index in [1.165, 1.54) is 18.2 Å². The molecular weight excluding hydrogens is 453 g/mol. The van der Waals surface area contributed by atoms with Crippen LogP contribution in [-0.2, 0) is 13.1 Å². The molecule has 7 heteroatoms. The van der Waals surface area contributed by atoms with Crippen molar-refractivity contribution in [1.82, 2.24) is 4.57 Å². The molecule has 4 aromatic rings. The van der Waals surface area contributed by atoms with Crippen molar-refractivity contribution in [2.45, 2.75) is 20.0 Å². The summed E-state index contributed by atoms with van der Waals surface area (Å²) >= 11 is 6.51. The molecule has 0 spiro atoms. The minimum absolute atomic E-state index is 0.218. The van der Waals surface area contributed by atoms with Crippen molar-refractivity contribution in [2.24, 2.45) is 0 Å². The zero-order chi connectivity index (χ0) is 23.8. The Kier molecular flexibility index (Phi) is 5.67. The number of benzene rings is 3. The van der Waals surface area contributed by atoms with E-state index in [1.807, 2.05) is 42.6 Å². The van der Waals surface area contributed by atoms with Crippen LogP contribution >= 0.6 is 11.6 Å². The van der Waals surface area contributed by atoms with Gasteiger partial charge in [-0.1, -0.05) is 35.9 Å². The number of anilines is 2. The Bertz CT molecular complexity index is 1430. The number of para-hydroxylation sites is 1. The predicted molar refractivity (Wildman–Crippen MR) is 131 cm³/mol. The topological polar surface area (TPSA) is 54.3 Å². The van der Waals surface area contributed by atoms with E-state index in [4.69, 9.17) is 11.6 Å². The maximum atomic E-state index is 13.8. The molecule has 0 saturated carbocycles. The zero-order valence-corrected chi connectivity index (χ0v) is 19.1. The van der Waals surface area contributed by atoms with Gasteiger partial charge in [-0.3, -0.25) is 9.59 Å². The van der Waals surface area contributed by atoms with E-state index < -0.39 is 11.7 Å². The summed E-state index contributed by atoms with van der Waals surface area (Å²) in [6.45, 7) is 2.64. The second kappa shape index (κ2) is 8.80. The van der Waals surface area contributed by atoms with E-state index in [2.05, 4.69) is 9.88 Å². The van der Waals surface area contributed by atoms with Gasteiger partial charge >= 0.3 is 0 Å². The van der Waals surface area contributed by atoms with Gasteiger partial charge in [0.2, 0.25) is 0 Å². The predicted octanol–water partition coefficient (Wildman–Crippen LogP) is 6.05. The largest absolute Gasteiger partial charge is 0.345 e. The van der Waals surface area contributed by atoms with Gasteiger partial charge in [-0.25, -0.2) is 4.39 Å². The number of hydrogen-bond acceptors (Lipinski definition) is 2. The summed E-state index contributed by atoms with van der Waals surface area (Å²) in [5.41, 5.74) is 4.15. The van der Waals surface area contributed by atoms with Gasteiger partial charge in [0.25, 0.3) is 11.8 Å². The molecular formula is C27H21ClFN3O2. The molecule has 0 radical (unpaired) electrons. The lowest BCUT2D eigenvalue weighted by Gasteiger charge is -2.23. The van der Waals surface area contributed by atoms with Crippen molar-refractivity contribution in [3.05, 3.63) is 118 Å². The van der Waals surface area contributed by atoms with Crippen molar-refractivity contribution < 1.29 is 14.0 Å². The molecule has 0 saturated heterocycles. The molecule has 1 aliphatic rings. The maximum absolute atomic E-state index is 13.8. The van der Waals surface area contributed by atoms with Crippen LogP contribution in [0.15, 0.2) is 79.0 Å². The van der Waals surface area contributed by atoms with E-state index in [0.29, 0.717) is 24.3 Å². The van der Waals surface area contributed by atoms with Crippen LogP contribution in [0.5, 0.6) is 0 Å². The first-order valence-electron chi connectivity index (χ1n) is 10.8. The van der Waals surface area contributed by atoms with Gasteiger partial charge in [0.1, 0.15) is 5.82 Å². The van der Waals surface area contributed by atoms with Gasteiger partial charge in [-0.2, -0.15) is 0 Å². The summed E-state index contributed by atoms with van der Waals surface area (Å²) in [4.78, 5) is 28.0. The average Bonchev–Trinajstić information content (AvgIpc) is 3.19. The van der Waals surface area contributed by atoms with Crippen molar-refractivity contribution in [2.75, 3.05) is 10.2 Å². The molecule has 0 atom stereocenters. The summed E-state index contributed by atoms with van der Waals surface area (Å²) in [6, 6.07) is 20.9. The first kappa shape index (κ1) is 21.9. The van der Waals surface area contributed by atoms with Crippen molar-refractivity contribution in [1.29, 1.82) is 0 Å². The van der Waals surface area contributed by atoms with Gasteiger partial charge in [-0.05, 0) is 66.6 Å². The zero-order valence-electron chi connectivity index (χ0n) is 18.4. The summed E-state index contributed by atoms with van der Waals surface area (Å²) in [5.74, 6) is -1.13. The highest BCUT2D eigenvalue weighted by atomic mass is 35.5. The van der Waals surface area contributed by atoms with Gasteiger partial charge in [0, 0.05) is 35.4 Å². The van der Waals surface area contributed by atoms with Crippen molar-refractivity contribution >= 4 is 34.8 Å². The standard InChI is InChI=1S/C27H21ClFN3O2/c1-17-21(8-4-9-24(17)29)26(33)30-19-11-12-22(23(28)14-19)27(34)32-16-20-7-5-13-31(20)15-18-6-2-3-10-25(18)32/h2-14H,15-16H2,1H3,(H,30,33). The normalized spacial score (nSPS) is 12.5. The molecule has 5 nitrogen and oxygen atoms in total. The van der Waals surface area contributed by atoms with Crippen LogP contribution in [0.25, 0.3) is 0 Å². The van der Waals surface area contributed by atoms with Crippen LogP contribution in [-0.4, -0.2) is 16.4 Å². The first-order valence-corrected chi connectivity index (χ1v) is 11.2. The summed E-state index contributed by atoms with van der Waals surface area (Å²) < 4.78 is 15.9. The fraction of sp³-hybridized carbons (Fsp3) is 0.111. The average molecular weight is 474 g/mol. The lowest BCUT2D eigenvalue weighted by Crippen LogP contribution is -2.30. The third-order valence-corrected chi connectivity index (χ3v) is 6.39. The van der Waals surface area contributed by atoms with Crippen molar-refractivity contribution in [3.63, 3.8) is 0 Å². The smallest absolute Gasteiger partial charge is 0.260 e. The van der Waals surface area contributed by atoms with E-state index in [9.17, 15) is 14.0 Å². The second-order valence-corrected chi connectivity index (χ2v) is 8.62. The number of carbonyl (C=O) groups excluding carboxylic acids is 2. The number of hydrogen-bond donors (Lipinski definition) is 1. The highest BCUT2D eigenvalue weighted by molar-refractivity contribution is 6.35. The number of aromatic nitrogens is 1. The van der Waals surface area contributed by atoms with E-state index >= 15 is 0 Å². The number of nitrogens with one attached hydrogen (secondary N) is 1. The fourth-order valence-electron chi connectivity index (χ4n) is 4.23. The Morgan fingerprint density at radius 3 is 2.59 bits per heavy atom. The summed E-state index contributed by atoms with van der Waals surface area (Å²) in [5, 5.41) is 2.95. The Hall–Kier alpha value is -3.90. The molecule has 2 amide bonds. The lowest BCUT2D eigenvalue weighted by molar-refractivity contribution is 0.0984. The number of halogens is 2. The highest BCUT2D eigenvalue weighted by Crippen LogP contribution is 2.31. The number of rotatable bonds is 3. The highest BCUT2D eigenvalue weighted by Gasteiger charge is 2.26. The Labute approximate surface area is 201 Å². The number of amides is 2. The minimum Gasteiger partial charge on any atom is -0.345 e. The molecule has 34 heavy (non-hydrogen) atoms. The molecule has 0 aliphatic carbocycles. The molecule has 0 unspecified atom stereocenters. The molecule has 1 N–H and O–H groups in total. The molecule has 2 heterocycles. The summed E-state index contributed by atoms with van der Waals surface area (Å²) in [7, 11) is 0. The Balaban J connectivity index is 1.43. The second-order valence-electron chi connectivity index (χ2n) is 8.21. The molecule has 3 aromatic carbocycles. The molecule has 5 rings (SSSR count). The van der Waals surface area contributed by atoms with Crippen LogP contribution in [0.4, 0.5) is 15.8 Å². The van der Waals surface area contributed by atoms with E-state index in [0.717, 1.165) is 16.9 Å².